The van der Waals surface area contributed by atoms with E-state index in [1.807, 2.05) is 19.2 Å². The van der Waals surface area contributed by atoms with Crippen LogP contribution in [0.3, 0.4) is 0 Å². The summed E-state index contributed by atoms with van der Waals surface area (Å²) >= 11 is 6.28. The average Bonchev–Trinajstić information content (AvgIpc) is 3.13. The average molecular weight is 477 g/mol. The molecular formula is C19H30ClIN4. The Morgan fingerprint density at radius 2 is 1.84 bits per heavy atom. The smallest absolute Gasteiger partial charge is 0.193 e. The predicted octanol–water partition coefficient (Wildman–Crippen LogP) is 3.84. The van der Waals surface area contributed by atoms with Gasteiger partial charge in [-0.2, -0.15) is 0 Å². The van der Waals surface area contributed by atoms with Crippen LogP contribution in [-0.2, 0) is 6.54 Å². The quantitative estimate of drug-likeness (QED) is 0.407. The molecule has 0 aromatic heterocycles. The number of guanidine groups is 1. The van der Waals surface area contributed by atoms with Gasteiger partial charge in [-0.25, -0.2) is 0 Å². The number of aliphatic imine (C=N–C) groups is 1. The van der Waals surface area contributed by atoms with Crippen LogP contribution >= 0.6 is 35.6 Å². The van der Waals surface area contributed by atoms with E-state index in [0.717, 1.165) is 56.2 Å². The van der Waals surface area contributed by atoms with Crippen molar-refractivity contribution in [3.05, 3.63) is 34.9 Å². The number of hydrogen-bond donors (Lipinski definition) is 1. The van der Waals surface area contributed by atoms with Crippen molar-refractivity contribution in [2.24, 2.45) is 10.9 Å². The molecule has 2 saturated heterocycles. The van der Waals surface area contributed by atoms with Gasteiger partial charge in [-0.1, -0.05) is 29.8 Å². The molecule has 0 atom stereocenters. The van der Waals surface area contributed by atoms with Crippen molar-refractivity contribution in [1.29, 1.82) is 0 Å². The Bertz CT molecular complexity index is 552. The summed E-state index contributed by atoms with van der Waals surface area (Å²) in [6.45, 7) is 6.62. The lowest BCUT2D eigenvalue weighted by atomic mass is 9.96. The molecule has 2 aliphatic heterocycles. The van der Waals surface area contributed by atoms with Gasteiger partial charge in [0.25, 0.3) is 0 Å². The molecule has 140 valence electrons. The highest BCUT2D eigenvalue weighted by atomic mass is 127. The number of likely N-dealkylation sites (tertiary alicyclic amines) is 2. The summed E-state index contributed by atoms with van der Waals surface area (Å²) in [5, 5.41) is 4.48. The standard InChI is InChI=1S/C19H29ClN4.HI/c1-21-19(24-10-4-5-11-24)22-14-16-8-12-23(13-9-16)15-17-6-2-3-7-18(17)20;/h2-3,6-7,16H,4-5,8-15H2,1H3,(H,21,22);1H. The van der Waals surface area contributed by atoms with Gasteiger partial charge in [0.2, 0.25) is 0 Å². The van der Waals surface area contributed by atoms with Crippen LogP contribution in [0.2, 0.25) is 5.02 Å². The van der Waals surface area contributed by atoms with E-state index in [9.17, 15) is 0 Å². The highest BCUT2D eigenvalue weighted by molar-refractivity contribution is 14.0. The van der Waals surface area contributed by atoms with Crippen molar-refractivity contribution >= 4 is 41.5 Å². The summed E-state index contributed by atoms with van der Waals surface area (Å²) in [4.78, 5) is 9.34. The van der Waals surface area contributed by atoms with E-state index in [-0.39, 0.29) is 24.0 Å². The fourth-order valence-electron chi connectivity index (χ4n) is 3.71. The molecule has 0 spiro atoms. The summed E-state index contributed by atoms with van der Waals surface area (Å²) in [6, 6.07) is 8.19. The van der Waals surface area contributed by atoms with Crippen LogP contribution in [0.1, 0.15) is 31.2 Å². The highest BCUT2D eigenvalue weighted by Crippen LogP contribution is 2.22. The van der Waals surface area contributed by atoms with Crippen molar-refractivity contribution in [3.63, 3.8) is 0 Å². The Balaban J connectivity index is 0.00000225. The first-order valence-corrected chi connectivity index (χ1v) is 9.55. The molecule has 0 radical (unpaired) electrons. The number of rotatable bonds is 4. The molecule has 25 heavy (non-hydrogen) atoms. The van der Waals surface area contributed by atoms with Gasteiger partial charge >= 0.3 is 0 Å². The maximum atomic E-state index is 6.28. The van der Waals surface area contributed by atoms with Gasteiger partial charge in [0, 0.05) is 38.2 Å². The molecule has 2 aliphatic rings. The van der Waals surface area contributed by atoms with Gasteiger partial charge in [-0.05, 0) is 56.3 Å². The molecule has 2 fully saturated rings. The number of piperidine rings is 1. The SMILES string of the molecule is CN=C(NCC1CCN(Cc2ccccc2Cl)CC1)N1CCCC1.I. The van der Waals surface area contributed by atoms with E-state index in [2.05, 4.69) is 32.2 Å². The maximum absolute atomic E-state index is 6.28. The number of hydrogen-bond acceptors (Lipinski definition) is 2. The highest BCUT2D eigenvalue weighted by Gasteiger charge is 2.21. The number of nitrogens with zero attached hydrogens (tertiary/aromatic N) is 3. The first kappa shape index (κ1) is 20.8. The van der Waals surface area contributed by atoms with Crippen LogP contribution in [-0.4, -0.2) is 55.5 Å². The second-order valence-corrected chi connectivity index (χ2v) is 7.34. The molecular weight excluding hydrogens is 447 g/mol. The second-order valence-electron chi connectivity index (χ2n) is 6.93. The minimum Gasteiger partial charge on any atom is -0.356 e. The molecule has 0 unspecified atom stereocenters. The normalized spacial score (nSPS) is 19.8. The lowest BCUT2D eigenvalue weighted by molar-refractivity contribution is 0.177. The van der Waals surface area contributed by atoms with E-state index in [4.69, 9.17) is 11.6 Å². The Kier molecular flexibility index (Phi) is 8.79. The van der Waals surface area contributed by atoms with Crippen molar-refractivity contribution in [2.45, 2.75) is 32.2 Å². The van der Waals surface area contributed by atoms with Crippen molar-refractivity contribution in [2.75, 3.05) is 39.8 Å². The number of nitrogens with one attached hydrogen (secondary N) is 1. The van der Waals surface area contributed by atoms with Crippen LogP contribution in [0.25, 0.3) is 0 Å². The summed E-state index contributed by atoms with van der Waals surface area (Å²) in [5.74, 6) is 1.83. The first-order chi connectivity index (χ1) is 11.8. The monoisotopic (exact) mass is 476 g/mol. The van der Waals surface area contributed by atoms with E-state index in [1.165, 1.54) is 31.2 Å². The van der Waals surface area contributed by atoms with Crippen molar-refractivity contribution < 1.29 is 0 Å². The molecule has 1 aromatic carbocycles. The van der Waals surface area contributed by atoms with Gasteiger partial charge < -0.3 is 10.2 Å². The van der Waals surface area contributed by atoms with E-state index in [1.54, 1.807) is 0 Å². The number of halogens is 2. The summed E-state index contributed by atoms with van der Waals surface area (Å²) in [5.41, 5.74) is 1.24. The maximum Gasteiger partial charge on any atom is 0.193 e. The Hall–Kier alpha value is -0.530. The lowest BCUT2D eigenvalue weighted by Gasteiger charge is -2.33. The second kappa shape index (κ2) is 10.6. The minimum atomic E-state index is 0. The van der Waals surface area contributed by atoms with Gasteiger partial charge in [0.1, 0.15) is 0 Å². The predicted molar refractivity (Wildman–Crippen MR) is 117 cm³/mol. The Morgan fingerprint density at radius 3 is 2.48 bits per heavy atom. The molecule has 1 aromatic rings. The molecule has 1 N–H and O–H groups in total. The van der Waals surface area contributed by atoms with Gasteiger partial charge in [0.15, 0.2) is 5.96 Å². The Labute approximate surface area is 174 Å². The van der Waals surface area contributed by atoms with Crippen molar-refractivity contribution in [1.82, 2.24) is 15.1 Å². The topological polar surface area (TPSA) is 30.9 Å². The van der Waals surface area contributed by atoms with Crippen molar-refractivity contribution in [3.8, 4) is 0 Å². The molecule has 0 bridgehead atoms. The molecule has 0 aliphatic carbocycles. The third kappa shape index (κ3) is 6.00. The van der Waals surface area contributed by atoms with E-state index >= 15 is 0 Å². The molecule has 0 saturated carbocycles. The summed E-state index contributed by atoms with van der Waals surface area (Å²) in [6.07, 6.45) is 5.07. The van der Waals surface area contributed by atoms with Crippen LogP contribution < -0.4 is 5.32 Å². The van der Waals surface area contributed by atoms with E-state index in [0.29, 0.717) is 0 Å². The lowest BCUT2D eigenvalue weighted by Crippen LogP contribution is -2.43. The molecule has 4 nitrogen and oxygen atoms in total. The van der Waals surface area contributed by atoms with Gasteiger partial charge in [-0.15, -0.1) is 24.0 Å². The Morgan fingerprint density at radius 1 is 1.16 bits per heavy atom. The van der Waals surface area contributed by atoms with Gasteiger partial charge in [0.05, 0.1) is 0 Å². The van der Waals surface area contributed by atoms with Crippen LogP contribution in [0, 0.1) is 5.92 Å². The fraction of sp³-hybridized carbons (Fsp3) is 0.632. The molecule has 2 heterocycles. The zero-order valence-electron chi connectivity index (χ0n) is 15.1. The van der Waals surface area contributed by atoms with Crippen LogP contribution in [0.15, 0.2) is 29.3 Å². The summed E-state index contributed by atoms with van der Waals surface area (Å²) < 4.78 is 0. The zero-order chi connectivity index (χ0) is 16.8. The minimum absolute atomic E-state index is 0. The zero-order valence-corrected chi connectivity index (χ0v) is 18.2. The van der Waals surface area contributed by atoms with Crippen LogP contribution in [0.4, 0.5) is 0 Å². The first-order valence-electron chi connectivity index (χ1n) is 9.17. The summed E-state index contributed by atoms with van der Waals surface area (Å²) in [7, 11) is 1.90. The fourth-order valence-corrected chi connectivity index (χ4v) is 3.91. The van der Waals surface area contributed by atoms with Gasteiger partial charge in [-0.3, -0.25) is 9.89 Å². The number of benzene rings is 1. The molecule has 6 heteroatoms. The van der Waals surface area contributed by atoms with Crippen LogP contribution in [0.5, 0.6) is 0 Å². The molecule has 0 amide bonds. The third-order valence-corrected chi connectivity index (χ3v) is 5.59. The van der Waals surface area contributed by atoms with E-state index < -0.39 is 0 Å². The third-order valence-electron chi connectivity index (χ3n) is 5.23. The largest absolute Gasteiger partial charge is 0.356 e. The molecule has 3 rings (SSSR count).